The first-order valence-electron chi connectivity index (χ1n) is 9.61. The number of hydrogen-bond donors (Lipinski definition) is 3. The first-order chi connectivity index (χ1) is 13.9. The molecule has 4 rings (SSSR count). The molecule has 0 saturated heterocycles. The van der Waals surface area contributed by atoms with Crippen LogP contribution in [0.5, 0.6) is 0 Å². The van der Waals surface area contributed by atoms with Crippen molar-refractivity contribution < 1.29 is 18.0 Å². The number of likely N-dealkylation sites (N-methyl/N-ethyl adjacent to an activating group) is 1. The molecule has 1 aromatic heterocycles. The Hall–Kier alpha value is -2.88. The van der Waals surface area contributed by atoms with E-state index in [0.29, 0.717) is 0 Å². The zero-order chi connectivity index (χ0) is 20.6. The third kappa shape index (κ3) is 3.84. The van der Waals surface area contributed by atoms with Crippen molar-refractivity contribution in [2.45, 2.75) is 50.1 Å². The summed E-state index contributed by atoms with van der Waals surface area (Å²) in [4.78, 5) is 23.9. The molecule has 154 valence electrons. The maximum absolute atomic E-state index is 12.5. The first-order valence-corrected chi connectivity index (χ1v) is 11.1. The van der Waals surface area contributed by atoms with Gasteiger partial charge in [-0.05, 0) is 66.8 Å². The summed E-state index contributed by atoms with van der Waals surface area (Å²) in [5, 5.41) is 8.77. The summed E-state index contributed by atoms with van der Waals surface area (Å²) in [6.45, 7) is -0.111. The molecule has 0 unspecified atom stereocenters. The van der Waals surface area contributed by atoms with Gasteiger partial charge in [0.2, 0.25) is 5.91 Å². The number of sulfonamides is 1. The number of carbonyl (C=O) groups is 2. The van der Waals surface area contributed by atoms with E-state index in [0.717, 1.165) is 55.3 Å². The molecule has 3 N–H and O–H groups in total. The second kappa shape index (κ2) is 7.51. The summed E-state index contributed by atoms with van der Waals surface area (Å²) in [5.74, 6) is -0.311. The van der Waals surface area contributed by atoms with Crippen molar-refractivity contribution in [3.8, 4) is 0 Å². The normalized spacial score (nSPS) is 14.9. The Labute approximate surface area is 168 Å². The fourth-order valence-corrected chi connectivity index (χ4v) is 4.93. The van der Waals surface area contributed by atoms with Crippen molar-refractivity contribution in [2.75, 3.05) is 12.4 Å². The van der Waals surface area contributed by atoms with Crippen LogP contribution in [0.2, 0.25) is 0 Å². The fraction of sp³-hybridized carbons (Fsp3) is 0.421. The SMILES string of the molecule is CNC(=O)Cn1ccc(S(=O)(=O)NC(=O)Nc2c3c(cc4c2CCC4)CCC3)n1. The average Bonchev–Trinajstić information content (AvgIpc) is 3.41. The van der Waals surface area contributed by atoms with Gasteiger partial charge in [0.1, 0.15) is 6.54 Å². The predicted octanol–water partition coefficient (Wildman–Crippen LogP) is 1.12. The van der Waals surface area contributed by atoms with Crippen molar-refractivity contribution in [3.63, 3.8) is 0 Å². The van der Waals surface area contributed by atoms with Gasteiger partial charge in [-0.15, -0.1) is 0 Å². The summed E-state index contributed by atoms with van der Waals surface area (Å²) >= 11 is 0. The minimum absolute atomic E-state index is 0.111. The van der Waals surface area contributed by atoms with Crippen LogP contribution in [-0.4, -0.2) is 37.2 Å². The second-order valence-corrected chi connectivity index (χ2v) is 8.95. The average molecular weight is 417 g/mol. The van der Waals surface area contributed by atoms with E-state index in [1.165, 1.54) is 35.1 Å². The van der Waals surface area contributed by atoms with Crippen LogP contribution in [0.3, 0.4) is 0 Å². The highest BCUT2D eigenvalue weighted by molar-refractivity contribution is 7.90. The molecule has 1 aromatic carbocycles. The van der Waals surface area contributed by atoms with Gasteiger partial charge < -0.3 is 10.6 Å². The molecule has 0 bridgehead atoms. The number of nitrogens with zero attached hydrogens (tertiary/aromatic N) is 2. The van der Waals surface area contributed by atoms with E-state index < -0.39 is 16.1 Å². The molecule has 9 nitrogen and oxygen atoms in total. The predicted molar refractivity (Wildman–Crippen MR) is 106 cm³/mol. The largest absolute Gasteiger partial charge is 0.358 e. The number of hydrogen-bond acceptors (Lipinski definition) is 5. The van der Waals surface area contributed by atoms with Crippen LogP contribution in [0.1, 0.15) is 35.1 Å². The Morgan fingerprint density at radius 3 is 2.38 bits per heavy atom. The van der Waals surface area contributed by atoms with Gasteiger partial charge in [-0.2, -0.15) is 13.5 Å². The van der Waals surface area contributed by atoms with Gasteiger partial charge in [0.25, 0.3) is 10.0 Å². The smallest absolute Gasteiger partial charge is 0.333 e. The first kappa shape index (κ1) is 19.4. The van der Waals surface area contributed by atoms with Gasteiger partial charge in [-0.3, -0.25) is 9.48 Å². The quantitative estimate of drug-likeness (QED) is 0.673. The maximum Gasteiger partial charge on any atom is 0.333 e. The molecule has 2 aliphatic carbocycles. The van der Waals surface area contributed by atoms with Gasteiger partial charge in [0, 0.05) is 18.9 Å². The minimum atomic E-state index is -4.16. The topological polar surface area (TPSA) is 122 Å². The molecule has 0 atom stereocenters. The van der Waals surface area contributed by atoms with Crippen LogP contribution in [0.25, 0.3) is 0 Å². The molecule has 3 amide bonds. The zero-order valence-corrected chi connectivity index (χ0v) is 16.9. The highest BCUT2D eigenvalue weighted by atomic mass is 32.2. The molecule has 2 aromatic rings. The van der Waals surface area contributed by atoms with Gasteiger partial charge in [-0.25, -0.2) is 9.52 Å². The van der Waals surface area contributed by atoms with Gasteiger partial charge >= 0.3 is 6.03 Å². The molecule has 0 radical (unpaired) electrons. The number of amides is 3. The zero-order valence-electron chi connectivity index (χ0n) is 16.1. The number of aromatic nitrogens is 2. The highest BCUT2D eigenvalue weighted by Crippen LogP contribution is 2.38. The number of rotatable bonds is 5. The standard InChI is InChI=1S/C19H23N5O4S/c1-20-16(25)11-24-9-8-17(22-24)29(27,28)23-19(26)21-18-14-6-2-4-12(14)10-13-5-3-7-15(13)18/h8-10H,2-7,11H2,1H3,(H,20,25)(H2,21,23,26). The van der Waals surface area contributed by atoms with E-state index in [1.807, 2.05) is 4.72 Å². The fourth-order valence-electron chi connectivity index (χ4n) is 4.08. The van der Waals surface area contributed by atoms with E-state index in [4.69, 9.17) is 0 Å². The molecular weight excluding hydrogens is 394 g/mol. The monoisotopic (exact) mass is 417 g/mol. The third-order valence-corrected chi connectivity index (χ3v) is 6.64. The number of carbonyl (C=O) groups excluding carboxylic acids is 2. The molecular formula is C19H23N5O4S. The van der Waals surface area contributed by atoms with E-state index in [9.17, 15) is 18.0 Å². The molecule has 2 aliphatic rings. The lowest BCUT2D eigenvalue weighted by atomic mass is 9.99. The van der Waals surface area contributed by atoms with E-state index in [2.05, 4.69) is 21.8 Å². The van der Waals surface area contributed by atoms with Crippen molar-refractivity contribution in [1.29, 1.82) is 0 Å². The van der Waals surface area contributed by atoms with Crippen LogP contribution in [0, 0.1) is 0 Å². The summed E-state index contributed by atoms with van der Waals surface area (Å²) < 4.78 is 28.3. The van der Waals surface area contributed by atoms with Crippen LogP contribution in [0.4, 0.5) is 10.5 Å². The number of nitrogens with one attached hydrogen (secondary N) is 3. The molecule has 0 fully saturated rings. The lowest BCUT2D eigenvalue weighted by Gasteiger charge is -2.16. The number of aryl methyl sites for hydroxylation is 2. The highest BCUT2D eigenvalue weighted by Gasteiger charge is 2.27. The lowest BCUT2D eigenvalue weighted by Crippen LogP contribution is -2.35. The Bertz CT molecular complexity index is 1060. The van der Waals surface area contributed by atoms with Crippen LogP contribution < -0.4 is 15.4 Å². The summed E-state index contributed by atoms with van der Waals surface area (Å²) in [5.41, 5.74) is 5.50. The Kier molecular flexibility index (Phi) is 5.03. The maximum atomic E-state index is 12.5. The summed E-state index contributed by atoms with van der Waals surface area (Å²) in [6.07, 6.45) is 7.19. The van der Waals surface area contributed by atoms with Crippen molar-refractivity contribution >= 4 is 27.6 Å². The van der Waals surface area contributed by atoms with Crippen LogP contribution in [-0.2, 0) is 47.0 Å². The minimum Gasteiger partial charge on any atom is -0.358 e. The summed E-state index contributed by atoms with van der Waals surface area (Å²) in [7, 11) is -2.68. The van der Waals surface area contributed by atoms with Crippen molar-refractivity contribution in [2.24, 2.45) is 0 Å². The van der Waals surface area contributed by atoms with E-state index in [-0.39, 0.29) is 17.5 Å². The number of fused-ring (bicyclic) bond motifs is 2. The molecule has 0 aliphatic heterocycles. The van der Waals surface area contributed by atoms with E-state index >= 15 is 0 Å². The van der Waals surface area contributed by atoms with Gasteiger partial charge in [-0.1, -0.05) is 6.07 Å². The Morgan fingerprint density at radius 1 is 1.10 bits per heavy atom. The van der Waals surface area contributed by atoms with E-state index in [1.54, 1.807) is 0 Å². The van der Waals surface area contributed by atoms with Crippen molar-refractivity contribution in [1.82, 2.24) is 19.8 Å². The lowest BCUT2D eigenvalue weighted by molar-refractivity contribution is -0.121. The van der Waals surface area contributed by atoms with Crippen LogP contribution in [0.15, 0.2) is 23.4 Å². The number of benzene rings is 1. The van der Waals surface area contributed by atoms with Crippen LogP contribution >= 0.6 is 0 Å². The molecule has 0 spiro atoms. The summed E-state index contributed by atoms with van der Waals surface area (Å²) in [6, 6.07) is 2.68. The Morgan fingerprint density at radius 2 is 1.76 bits per heavy atom. The molecule has 29 heavy (non-hydrogen) atoms. The Balaban J connectivity index is 1.51. The molecule has 0 saturated carbocycles. The molecule has 10 heteroatoms. The van der Waals surface area contributed by atoms with Gasteiger partial charge in [0.05, 0.1) is 0 Å². The number of anilines is 1. The van der Waals surface area contributed by atoms with Gasteiger partial charge in [0.15, 0.2) is 5.03 Å². The third-order valence-electron chi connectivity index (χ3n) is 5.41. The van der Waals surface area contributed by atoms with Crippen molar-refractivity contribution in [3.05, 3.63) is 40.6 Å². The molecule has 1 heterocycles. The second-order valence-electron chi connectivity index (χ2n) is 7.32. The number of urea groups is 1.